The van der Waals surface area contributed by atoms with Crippen LogP contribution in [0.4, 0.5) is 0 Å². The van der Waals surface area contributed by atoms with Crippen molar-refractivity contribution in [3.8, 4) is 0 Å². The van der Waals surface area contributed by atoms with Crippen molar-refractivity contribution in [2.24, 2.45) is 5.92 Å². The molecule has 0 spiro atoms. The van der Waals surface area contributed by atoms with Crippen LogP contribution in [0.5, 0.6) is 0 Å². The molecular weight excluding hydrogens is 204 g/mol. The molecule has 0 heteroatoms. The highest BCUT2D eigenvalue weighted by Gasteiger charge is 1.99. The molecule has 2 aromatic carbocycles. The maximum absolute atomic E-state index is 2.35. The van der Waals surface area contributed by atoms with Crippen LogP contribution in [-0.2, 0) is 6.42 Å². The van der Waals surface area contributed by atoms with Gasteiger partial charge in [0.05, 0.1) is 0 Å². The zero-order chi connectivity index (χ0) is 12.3. The summed E-state index contributed by atoms with van der Waals surface area (Å²) < 4.78 is 0. The number of fused-ring (bicyclic) bond motifs is 1. The summed E-state index contributed by atoms with van der Waals surface area (Å²) in [5, 5.41) is 2.73. The summed E-state index contributed by atoms with van der Waals surface area (Å²) in [5.41, 5.74) is 2.82. The van der Waals surface area contributed by atoms with Crippen LogP contribution >= 0.6 is 0 Å². The van der Waals surface area contributed by atoms with Crippen molar-refractivity contribution >= 4 is 10.8 Å². The number of hydrogen-bond donors (Lipinski definition) is 0. The molecule has 0 saturated heterocycles. The summed E-state index contributed by atoms with van der Waals surface area (Å²) in [6.45, 7) is 6.75. The van der Waals surface area contributed by atoms with Gasteiger partial charge in [-0.2, -0.15) is 0 Å². The number of hydrogen-bond acceptors (Lipinski definition) is 0. The van der Waals surface area contributed by atoms with E-state index in [1.54, 1.807) is 0 Å². The van der Waals surface area contributed by atoms with Crippen LogP contribution in [0.25, 0.3) is 10.8 Å². The Morgan fingerprint density at radius 2 is 1.71 bits per heavy atom. The highest BCUT2D eigenvalue weighted by Crippen LogP contribution is 2.19. The monoisotopic (exact) mass is 226 g/mol. The van der Waals surface area contributed by atoms with E-state index in [-0.39, 0.29) is 0 Å². The van der Waals surface area contributed by atoms with Crippen LogP contribution in [0.2, 0.25) is 0 Å². The fourth-order valence-electron chi connectivity index (χ4n) is 2.29. The van der Waals surface area contributed by atoms with Crippen molar-refractivity contribution < 1.29 is 0 Å². The van der Waals surface area contributed by atoms with E-state index >= 15 is 0 Å². The van der Waals surface area contributed by atoms with E-state index < -0.39 is 0 Å². The van der Waals surface area contributed by atoms with E-state index in [1.807, 2.05) is 0 Å². The molecule has 0 aromatic heterocycles. The van der Waals surface area contributed by atoms with Gasteiger partial charge in [-0.3, -0.25) is 0 Å². The Morgan fingerprint density at radius 1 is 0.941 bits per heavy atom. The molecule has 90 valence electrons. The van der Waals surface area contributed by atoms with Gasteiger partial charge in [0.2, 0.25) is 0 Å². The lowest BCUT2D eigenvalue weighted by Gasteiger charge is -2.06. The average molecular weight is 226 g/mol. The Hall–Kier alpha value is -1.30. The SMILES string of the molecule is Cc1ccc2ccc(CCCC(C)C)cc2c1. The van der Waals surface area contributed by atoms with Gasteiger partial charge in [0.1, 0.15) is 0 Å². The second-order valence-corrected chi connectivity index (χ2v) is 5.47. The molecule has 0 unspecified atom stereocenters. The largest absolute Gasteiger partial charge is 0.0628 e. The maximum atomic E-state index is 2.35. The molecule has 0 aliphatic heterocycles. The highest BCUT2D eigenvalue weighted by atomic mass is 14.0. The highest BCUT2D eigenvalue weighted by molar-refractivity contribution is 5.83. The molecule has 17 heavy (non-hydrogen) atoms. The fourth-order valence-corrected chi connectivity index (χ4v) is 2.29. The quantitative estimate of drug-likeness (QED) is 0.678. The Kier molecular flexibility index (Phi) is 3.83. The van der Waals surface area contributed by atoms with Crippen molar-refractivity contribution in [2.45, 2.75) is 40.0 Å². The molecular formula is C17H22. The summed E-state index contributed by atoms with van der Waals surface area (Å²) in [4.78, 5) is 0. The minimum atomic E-state index is 0.817. The predicted octanol–water partition coefficient (Wildman–Crippen LogP) is 5.13. The third-order valence-electron chi connectivity index (χ3n) is 3.31. The van der Waals surface area contributed by atoms with Gasteiger partial charge < -0.3 is 0 Å². The van der Waals surface area contributed by atoms with Gasteiger partial charge in [-0.1, -0.05) is 62.2 Å². The first-order chi connectivity index (χ1) is 8.15. The van der Waals surface area contributed by atoms with Crippen LogP contribution in [0.3, 0.4) is 0 Å². The minimum Gasteiger partial charge on any atom is -0.0628 e. The van der Waals surface area contributed by atoms with Gasteiger partial charge in [0.25, 0.3) is 0 Å². The molecule has 2 rings (SSSR count). The summed E-state index contributed by atoms with van der Waals surface area (Å²) >= 11 is 0. The van der Waals surface area contributed by atoms with Crippen LogP contribution < -0.4 is 0 Å². The van der Waals surface area contributed by atoms with Crippen LogP contribution in [0.1, 0.15) is 37.8 Å². The van der Waals surface area contributed by atoms with Crippen molar-refractivity contribution in [3.05, 3.63) is 47.5 Å². The van der Waals surface area contributed by atoms with E-state index in [9.17, 15) is 0 Å². The third-order valence-corrected chi connectivity index (χ3v) is 3.31. The molecule has 0 radical (unpaired) electrons. The smallest absolute Gasteiger partial charge is 0.0179 e. The van der Waals surface area contributed by atoms with Gasteiger partial charge >= 0.3 is 0 Å². The van der Waals surface area contributed by atoms with Crippen molar-refractivity contribution in [1.29, 1.82) is 0 Å². The minimum absolute atomic E-state index is 0.817. The van der Waals surface area contributed by atoms with Gasteiger partial charge in [0, 0.05) is 0 Å². The molecule has 0 atom stereocenters. The van der Waals surface area contributed by atoms with Gasteiger partial charge in [-0.05, 0) is 42.0 Å². The summed E-state index contributed by atoms with van der Waals surface area (Å²) in [7, 11) is 0. The Labute approximate surface area is 105 Å². The Bertz CT molecular complexity index is 494. The topological polar surface area (TPSA) is 0 Å². The molecule has 0 saturated carbocycles. The van der Waals surface area contributed by atoms with Crippen molar-refractivity contribution in [2.75, 3.05) is 0 Å². The van der Waals surface area contributed by atoms with Crippen LogP contribution in [0, 0.1) is 12.8 Å². The second kappa shape index (κ2) is 5.35. The first-order valence-corrected chi connectivity index (χ1v) is 6.64. The van der Waals surface area contributed by atoms with Crippen LogP contribution in [-0.4, -0.2) is 0 Å². The molecule has 0 heterocycles. The van der Waals surface area contributed by atoms with Gasteiger partial charge in [-0.15, -0.1) is 0 Å². The zero-order valence-electron chi connectivity index (χ0n) is 11.2. The lowest BCUT2D eigenvalue weighted by Crippen LogP contribution is -1.91. The maximum Gasteiger partial charge on any atom is -0.0179 e. The lowest BCUT2D eigenvalue weighted by molar-refractivity contribution is 0.556. The summed E-state index contributed by atoms with van der Waals surface area (Å²) in [6, 6.07) is 13.5. The Morgan fingerprint density at radius 3 is 2.47 bits per heavy atom. The molecule has 0 aliphatic carbocycles. The normalized spacial score (nSPS) is 11.3. The fraction of sp³-hybridized carbons (Fsp3) is 0.412. The number of aryl methyl sites for hydroxylation is 2. The van der Waals surface area contributed by atoms with Crippen LogP contribution in [0.15, 0.2) is 36.4 Å². The molecule has 0 fully saturated rings. The molecule has 0 nitrogen and oxygen atoms in total. The second-order valence-electron chi connectivity index (χ2n) is 5.47. The number of benzene rings is 2. The zero-order valence-corrected chi connectivity index (χ0v) is 11.2. The molecule has 0 bridgehead atoms. The van der Waals surface area contributed by atoms with Crippen molar-refractivity contribution in [3.63, 3.8) is 0 Å². The summed E-state index contributed by atoms with van der Waals surface area (Å²) in [5.74, 6) is 0.817. The summed E-state index contributed by atoms with van der Waals surface area (Å²) in [6.07, 6.45) is 3.84. The lowest BCUT2D eigenvalue weighted by atomic mass is 9.99. The first-order valence-electron chi connectivity index (χ1n) is 6.64. The van der Waals surface area contributed by atoms with Gasteiger partial charge in [-0.25, -0.2) is 0 Å². The average Bonchev–Trinajstić information content (AvgIpc) is 2.28. The number of rotatable bonds is 4. The van der Waals surface area contributed by atoms with E-state index in [2.05, 4.69) is 57.2 Å². The third kappa shape index (κ3) is 3.33. The standard InChI is InChI=1S/C17H22/c1-13(2)5-4-6-15-8-10-16-9-7-14(3)11-17(16)12-15/h7-13H,4-6H2,1-3H3. The van der Waals surface area contributed by atoms with E-state index in [1.165, 1.54) is 41.2 Å². The van der Waals surface area contributed by atoms with Gasteiger partial charge in [0.15, 0.2) is 0 Å². The molecule has 0 N–H and O–H groups in total. The van der Waals surface area contributed by atoms with E-state index in [4.69, 9.17) is 0 Å². The predicted molar refractivity (Wildman–Crippen MR) is 76.5 cm³/mol. The molecule has 2 aromatic rings. The Balaban J connectivity index is 2.13. The molecule has 0 amide bonds. The first kappa shape index (κ1) is 12.2. The van der Waals surface area contributed by atoms with E-state index in [0.29, 0.717) is 0 Å². The van der Waals surface area contributed by atoms with E-state index in [0.717, 1.165) is 5.92 Å². The molecule has 0 aliphatic rings. The van der Waals surface area contributed by atoms with Crippen molar-refractivity contribution in [1.82, 2.24) is 0 Å².